The maximum absolute atomic E-state index is 9.29. The van der Waals surface area contributed by atoms with Crippen molar-refractivity contribution in [3.63, 3.8) is 0 Å². The highest BCUT2D eigenvalue weighted by Crippen LogP contribution is 2.46. The van der Waals surface area contributed by atoms with Crippen LogP contribution in [0.5, 0.6) is 0 Å². The lowest BCUT2D eigenvalue weighted by molar-refractivity contribution is 0.139. The number of anilines is 1. The second-order valence-corrected chi connectivity index (χ2v) is 6.00. The molecule has 0 N–H and O–H groups in total. The van der Waals surface area contributed by atoms with E-state index in [1.807, 2.05) is 13.0 Å². The van der Waals surface area contributed by atoms with E-state index in [0.29, 0.717) is 5.41 Å². The van der Waals surface area contributed by atoms with Crippen molar-refractivity contribution in [3.05, 3.63) is 29.3 Å². The van der Waals surface area contributed by atoms with Gasteiger partial charge in [-0.15, -0.1) is 0 Å². The number of aryl methyl sites for hydroxylation is 1. The first-order valence-electron chi connectivity index (χ1n) is 6.99. The Hall–Kier alpha value is -1.49. The lowest BCUT2D eigenvalue weighted by Gasteiger charge is -2.53. The first-order chi connectivity index (χ1) is 8.74. The van der Waals surface area contributed by atoms with Crippen LogP contribution in [-0.4, -0.2) is 13.1 Å². The zero-order valence-electron chi connectivity index (χ0n) is 11.1. The van der Waals surface area contributed by atoms with E-state index in [0.717, 1.165) is 29.9 Å². The predicted octanol–water partition coefficient (Wildman–Crippen LogP) is 3.64. The summed E-state index contributed by atoms with van der Waals surface area (Å²) in [6.07, 6.45) is 6.98. The lowest BCUT2D eigenvalue weighted by Crippen LogP contribution is -2.57. The molecule has 0 aromatic heterocycles. The van der Waals surface area contributed by atoms with Crippen LogP contribution < -0.4 is 4.90 Å². The average molecular weight is 240 g/mol. The van der Waals surface area contributed by atoms with Crippen LogP contribution in [0.25, 0.3) is 0 Å². The van der Waals surface area contributed by atoms with Gasteiger partial charge in [0.05, 0.1) is 11.3 Å². The summed E-state index contributed by atoms with van der Waals surface area (Å²) in [7, 11) is 0. The van der Waals surface area contributed by atoms with Gasteiger partial charge in [0.15, 0.2) is 0 Å². The van der Waals surface area contributed by atoms with Gasteiger partial charge >= 0.3 is 0 Å². The van der Waals surface area contributed by atoms with E-state index in [2.05, 4.69) is 23.1 Å². The third-order valence-corrected chi connectivity index (χ3v) is 4.67. The van der Waals surface area contributed by atoms with Gasteiger partial charge in [0.2, 0.25) is 0 Å². The zero-order valence-corrected chi connectivity index (χ0v) is 11.1. The molecule has 0 radical (unpaired) electrons. The lowest BCUT2D eigenvalue weighted by atomic mass is 9.68. The van der Waals surface area contributed by atoms with Gasteiger partial charge < -0.3 is 4.90 Å². The molecule has 2 fully saturated rings. The van der Waals surface area contributed by atoms with Crippen LogP contribution in [-0.2, 0) is 0 Å². The van der Waals surface area contributed by atoms with E-state index in [1.165, 1.54) is 32.1 Å². The Morgan fingerprint density at radius 3 is 2.56 bits per heavy atom. The van der Waals surface area contributed by atoms with Crippen molar-refractivity contribution in [1.82, 2.24) is 0 Å². The molecule has 1 saturated heterocycles. The SMILES string of the molecule is Cc1cccc(N2CC3(CCCCC3)C2)c1C#N. The van der Waals surface area contributed by atoms with E-state index >= 15 is 0 Å². The summed E-state index contributed by atoms with van der Waals surface area (Å²) >= 11 is 0. The van der Waals surface area contributed by atoms with E-state index in [9.17, 15) is 5.26 Å². The molecule has 0 unspecified atom stereocenters. The largest absolute Gasteiger partial charge is 0.369 e. The molecule has 0 amide bonds. The van der Waals surface area contributed by atoms with Crippen molar-refractivity contribution in [1.29, 1.82) is 5.26 Å². The molecule has 94 valence electrons. The van der Waals surface area contributed by atoms with Gasteiger partial charge in [0.1, 0.15) is 6.07 Å². The number of rotatable bonds is 1. The van der Waals surface area contributed by atoms with Gasteiger partial charge in [-0.1, -0.05) is 31.4 Å². The summed E-state index contributed by atoms with van der Waals surface area (Å²) in [6, 6.07) is 8.55. The maximum Gasteiger partial charge on any atom is 0.102 e. The van der Waals surface area contributed by atoms with Crippen LogP contribution >= 0.6 is 0 Å². The minimum atomic E-state index is 0.578. The van der Waals surface area contributed by atoms with Crippen molar-refractivity contribution < 1.29 is 0 Å². The molecule has 1 aliphatic heterocycles. The molecule has 1 saturated carbocycles. The second-order valence-electron chi connectivity index (χ2n) is 6.00. The van der Waals surface area contributed by atoms with Crippen molar-refractivity contribution in [2.75, 3.05) is 18.0 Å². The topological polar surface area (TPSA) is 27.0 Å². The molecule has 1 aromatic rings. The molecule has 3 rings (SSSR count). The fourth-order valence-electron chi connectivity index (χ4n) is 3.61. The summed E-state index contributed by atoms with van der Waals surface area (Å²) in [5.74, 6) is 0. The fraction of sp³-hybridized carbons (Fsp3) is 0.562. The van der Waals surface area contributed by atoms with Crippen molar-refractivity contribution in [2.45, 2.75) is 39.0 Å². The first kappa shape index (κ1) is 11.6. The minimum Gasteiger partial charge on any atom is -0.369 e. The van der Waals surface area contributed by atoms with Gasteiger partial charge in [-0.25, -0.2) is 0 Å². The molecule has 1 heterocycles. The van der Waals surface area contributed by atoms with E-state index in [1.54, 1.807) is 0 Å². The monoisotopic (exact) mass is 240 g/mol. The summed E-state index contributed by atoms with van der Waals surface area (Å²) in [4.78, 5) is 2.40. The van der Waals surface area contributed by atoms with Crippen LogP contribution in [0.4, 0.5) is 5.69 Å². The van der Waals surface area contributed by atoms with Crippen LogP contribution in [0.3, 0.4) is 0 Å². The average Bonchev–Trinajstić information content (AvgIpc) is 2.36. The van der Waals surface area contributed by atoms with Crippen LogP contribution in [0, 0.1) is 23.7 Å². The van der Waals surface area contributed by atoms with Crippen LogP contribution in [0.2, 0.25) is 0 Å². The molecule has 18 heavy (non-hydrogen) atoms. The van der Waals surface area contributed by atoms with Gasteiger partial charge in [0.25, 0.3) is 0 Å². The molecule has 0 atom stereocenters. The van der Waals surface area contributed by atoms with Crippen molar-refractivity contribution >= 4 is 5.69 Å². The summed E-state index contributed by atoms with van der Waals surface area (Å²) in [6.45, 7) is 4.34. The number of benzene rings is 1. The van der Waals surface area contributed by atoms with Gasteiger partial charge in [-0.2, -0.15) is 5.26 Å². The normalized spacial score (nSPS) is 21.4. The minimum absolute atomic E-state index is 0.578. The van der Waals surface area contributed by atoms with Crippen molar-refractivity contribution in [2.24, 2.45) is 5.41 Å². The Labute approximate surface area is 109 Å². The van der Waals surface area contributed by atoms with Crippen molar-refractivity contribution in [3.8, 4) is 6.07 Å². The Morgan fingerprint density at radius 2 is 1.89 bits per heavy atom. The first-order valence-corrected chi connectivity index (χ1v) is 6.99. The summed E-state index contributed by atoms with van der Waals surface area (Å²) in [5.41, 5.74) is 3.69. The number of hydrogen-bond donors (Lipinski definition) is 0. The highest BCUT2D eigenvalue weighted by Gasteiger charge is 2.43. The number of nitriles is 1. The fourth-order valence-corrected chi connectivity index (χ4v) is 3.61. The van der Waals surface area contributed by atoms with Gasteiger partial charge in [-0.3, -0.25) is 0 Å². The number of nitrogens with zero attached hydrogens (tertiary/aromatic N) is 2. The van der Waals surface area contributed by atoms with Crippen LogP contribution in [0.15, 0.2) is 18.2 Å². The third-order valence-electron chi connectivity index (χ3n) is 4.67. The Balaban J connectivity index is 1.79. The van der Waals surface area contributed by atoms with Crippen LogP contribution in [0.1, 0.15) is 43.2 Å². The third kappa shape index (κ3) is 1.79. The Morgan fingerprint density at radius 1 is 1.17 bits per heavy atom. The highest BCUT2D eigenvalue weighted by atomic mass is 15.2. The highest BCUT2D eigenvalue weighted by molar-refractivity contribution is 5.64. The Kier molecular flexibility index (Phi) is 2.78. The van der Waals surface area contributed by atoms with E-state index in [4.69, 9.17) is 0 Å². The zero-order chi connectivity index (χ0) is 12.6. The summed E-state index contributed by atoms with van der Waals surface area (Å²) < 4.78 is 0. The molecule has 0 bridgehead atoms. The standard InChI is InChI=1S/C16H20N2/c1-13-6-5-7-15(14(13)10-17)18-11-16(12-18)8-3-2-4-9-16/h5-7H,2-4,8-9,11-12H2,1H3. The molecular weight excluding hydrogens is 220 g/mol. The number of hydrogen-bond acceptors (Lipinski definition) is 2. The molecule has 2 aliphatic rings. The maximum atomic E-state index is 9.29. The quantitative estimate of drug-likeness (QED) is 0.749. The molecule has 1 aliphatic carbocycles. The second kappa shape index (κ2) is 4.31. The molecule has 2 nitrogen and oxygen atoms in total. The van der Waals surface area contributed by atoms with E-state index in [-0.39, 0.29) is 0 Å². The predicted molar refractivity (Wildman–Crippen MR) is 73.6 cm³/mol. The van der Waals surface area contributed by atoms with Gasteiger partial charge in [0, 0.05) is 18.5 Å². The van der Waals surface area contributed by atoms with Gasteiger partial charge in [-0.05, 0) is 31.4 Å². The Bertz CT molecular complexity index is 484. The van der Waals surface area contributed by atoms with E-state index < -0.39 is 0 Å². The smallest absolute Gasteiger partial charge is 0.102 e. The molecule has 2 heteroatoms. The molecule has 1 spiro atoms. The molecule has 1 aromatic carbocycles. The molecular formula is C16H20N2. The summed E-state index contributed by atoms with van der Waals surface area (Å²) in [5, 5.41) is 9.29.